The number of ether oxygens (including phenoxy) is 1. The van der Waals surface area contributed by atoms with Crippen molar-refractivity contribution in [2.75, 3.05) is 20.3 Å². The van der Waals surface area contributed by atoms with Gasteiger partial charge in [0.1, 0.15) is 5.69 Å². The second-order valence-electron chi connectivity index (χ2n) is 6.21. The summed E-state index contributed by atoms with van der Waals surface area (Å²) in [7, 11) is 1.64. The lowest BCUT2D eigenvalue weighted by molar-refractivity contribution is 0.0927. The summed E-state index contributed by atoms with van der Waals surface area (Å²) < 4.78 is 7.16. The third-order valence-corrected chi connectivity index (χ3v) is 4.54. The highest BCUT2D eigenvalue weighted by Gasteiger charge is 2.21. The van der Waals surface area contributed by atoms with Crippen LogP contribution in [0.5, 0.6) is 0 Å². The van der Waals surface area contributed by atoms with E-state index in [0.717, 1.165) is 17.7 Å². The van der Waals surface area contributed by atoms with Gasteiger partial charge < -0.3 is 14.6 Å². The van der Waals surface area contributed by atoms with Gasteiger partial charge >= 0.3 is 0 Å². The van der Waals surface area contributed by atoms with Crippen LogP contribution in [0.15, 0.2) is 24.3 Å². The number of rotatable bonds is 7. The molecule has 0 saturated heterocycles. The minimum Gasteiger partial charge on any atom is -0.383 e. The lowest BCUT2D eigenvalue weighted by Crippen LogP contribution is -2.29. The van der Waals surface area contributed by atoms with Crippen LogP contribution in [0.1, 0.15) is 45.4 Å². The molecule has 1 aromatic heterocycles. The van der Waals surface area contributed by atoms with Crippen molar-refractivity contribution in [1.82, 2.24) is 9.88 Å². The van der Waals surface area contributed by atoms with E-state index in [1.807, 2.05) is 6.92 Å². The number of nitrogens with one attached hydrogen (secondary N) is 1. The largest absolute Gasteiger partial charge is 0.383 e. The van der Waals surface area contributed by atoms with Crippen molar-refractivity contribution in [3.63, 3.8) is 0 Å². The molecule has 0 aliphatic rings. The van der Waals surface area contributed by atoms with E-state index < -0.39 is 0 Å². The van der Waals surface area contributed by atoms with Gasteiger partial charge in [-0.15, -0.1) is 0 Å². The van der Waals surface area contributed by atoms with Gasteiger partial charge in [-0.2, -0.15) is 0 Å². The van der Waals surface area contributed by atoms with Crippen molar-refractivity contribution >= 4 is 5.91 Å². The molecular weight excluding hydrogens is 300 g/mol. The van der Waals surface area contributed by atoms with E-state index >= 15 is 0 Å². The molecule has 1 N–H and O–H groups in total. The summed E-state index contributed by atoms with van der Waals surface area (Å²) in [5.74, 6) is -0.0283. The van der Waals surface area contributed by atoms with Crippen LogP contribution in [-0.4, -0.2) is 30.7 Å². The van der Waals surface area contributed by atoms with Crippen LogP contribution < -0.4 is 5.32 Å². The predicted molar refractivity (Wildman–Crippen MR) is 97.8 cm³/mol. The summed E-state index contributed by atoms with van der Waals surface area (Å²) in [6.07, 6.45) is 0.927. The molecule has 130 valence electrons. The normalized spacial score (nSPS) is 10.9. The summed E-state index contributed by atoms with van der Waals surface area (Å²) in [6.45, 7) is 10.1. The molecule has 1 heterocycles. The smallest absolute Gasteiger partial charge is 0.268 e. The second kappa shape index (κ2) is 8.15. The van der Waals surface area contributed by atoms with Crippen LogP contribution >= 0.6 is 0 Å². The molecule has 0 atom stereocenters. The van der Waals surface area contributed by atoms with Crippen molar-refractivity contribution in [2.24, 2.45) is 0 Å². The van der Waals surface area contributed by atoms with Crippen LogP contribution in [0.25, 0.3) is 0 Å². The topological polar surface area (TPSA) is 43.3 Å². The maximum absolute atomic E-state index is 12.7. The Labute approximate surface area is 144 Å². The van der Waals surface area contributed by atoms with Gasteiger partial charge in [-0.25, -0.2) is 0 Å². The zero-order valence-electron chi connectivity index (χ0n) is 15.4. The summed E-state index contributed by atoms with van der Waals surface area (Å²) in [5.41, 5.74) is 6.72. The Hall–Kier alpha value is -2.07. The zero-order chi connectivity index (χ0) is 17.7. The Morgan fingerprint density at radius 2 is 1.83 bits per heavy atom. The molecule has 0 saturated carbocycles. The van der Waals surface area contributed by atoms with Gasteiger partial charge in [0.25, 0.3) is 5.91 Å². The van der Waals surface area contributed by atoms with Crippen LogP contribution in [-0.2, 0) is 17.7 Å². The molecule has 0 fully saturated rings. The van der Waals surface area contributed by atoms with Gasteiger partial charge in [-0.1, -0.05) is 36.8 Å². The number of carbonyl (C=O) groups is 1. The number of amides is 1. The summed E-state index contributed by atoms with van der Waals surface area (Å²) in [5, 5.41) is 2.96. The molecule has 24 heavy (non-hydrogen) atoms. The van der Waals surface area contributed by atoms with Gasteiger partial charge in [0, 0.05) is 25.9 Å². The lowest BCUT2D eigenvalue weighted by atomic mass is 10.1. The van der Waals surface area contributed by atoms with E-state index in [0.29, 0.717) is 19.7 Å². The molecule has 0 aliphatic heterocycles. The van der Waals surface area contributed by atoms with Crippen LogP contribution in [0.3, 0.4) is 0 Å². The second-order valence-corrected chi connectivity index (χ2v) is 6.21. The number of aromatic nitrogens is 1. The fraction of sp³-hybridized carbons (Fsp3) is 0.450. The Balaban J connectivity index is 2.37. The number of carbonyl (C=O) groups excluding carboxylic acids is 1. The first-order valence-corrected chi connectivity index (χ1v) is 8.50. The van der Waals surface area contributed by atoms with Gasteiger partial charge in [0.15, 0.2) is 0 Å². The fourth-order valence-corrected chi connectivity index (χ4v) is 3.19. The van der Waals surface area contributed by atoms with E-state index in [-0.39, 0.29) is 5.91 Å². The monoisotopic (exact) mass is 328 g/mol. The molecule has 0 radical (unpaired) electrons. The first kappa shape index (κ1) is 18.3. The molecule has 2 rings (SSSR count). The Bertz CT molecular complexity index is 699. The summed E-state index contributed by atoms with van der Waals surface area (Å²) in [4.78, 5) is 12.7. The molecule has 0 bridgehead atoms. The molecule has 0 unspecified atom stereocenters. The van der Waals surface area contributed by atoms with Gasteiger partial charge in [0.05, 0.1) is 6.61 Å². The number of aryl methyl sites for hydroxylation is 1. The predicted octanol–water partition coefficient (Wildman–Crippen LogP) is 3.40. The lowest BCUT2D eigenvalue weighted by Gasteiger charge is -2.13. The van der Waals surface area contributed by atoms with Crippen LogP contribution in [0, 0.1) is 20.8 Å². The van der Waals surface area contributed by atoms with Crippen molar-refractivity contribution in [1.29, 1.82) is 0 Å². The minimum atomic E-state index is -0.0283. The first-order valence-electron chi connectivity index (χ1n) is 8.50. The van der Waals surface area contributed by atoms with Crippen LogP contribution in [0.4, 0.5) is 0 Å². The Kier molecular flexibility index (Phi) is 6.21. The van der Waals surface area contributed by atoms with Gasteiger partial charge in [-0.05, 0) is 43.9 Å². The molecule has 1 amide bonds. The highest BCUT2D eigenvalue weighted by atomic mass is 16.5. The summed E-state index contributed by atoms with van der Waals surface area (Å²) >= 11 is 0. The number of nitrogens with zero attached hydrogens (tertiary/aromatic N) is 1. The maximum Gasteiger partial charge on any atom is 0.268 e. The number of hydrogen-bond donors (Lipinski definition) is 1. The Morgan fingerprint density at radius 1 is 1.17 bits per heavy atom. The minimum absolute atomic E-state index is 0.0283. The molecule has 1 aromatic carbocycles. The van der Waals surface area contributed by atoms with E-state index in [2.05, 4.69) is 54.9 Å². The maximum atomic E-state index is 12.7. The highest BCUT2D eigenvalue weighted by Crippen LogP contribution is 2.24. The standard InChI is InChI=1S/C20H28N2O2/c1-6-18-15(3)19(20(23)21-11-12-24-5)22(16(18)4)13-17-9-7-14(2)8-10-17/h7-10H,6,11-13H2,1-5H3,(H,21,23). The van der Waals surface area contributed by atoms with E-state index in [1.165, 1.54) is 22.4 Å². The van der Waals surface area contributed by atoms with Gasteiger partial charge in [-0.3, -0.25) is 4.79 Å². The van der Waals surface area contributed by atoms with Gasteiger partial charge in [0.2, 0.25) is 0 Å². The van der Waals surface area contributed by atoms with E-state index in [9.17, 15) is 4.79 Å². The van der Waals surface area contributed by atoms with Crippen molar-refractivity contribution in [3.8, 4) is 0 Å². The first-order chi connectivity index (χ1) is 11.5. The number of methoxy groups -OCH3 is 1. The Morgan fingerprint density at radius 3 is 2.42 bits per heavy atom. The third-order valence-electron chi connectivity index (χ3n) is 4.54. The molecule has 2 aromatic rings. The van der Waals surface area contributed by atoms with Crippen molar-refractivity contribution in [2.45, 2.75) is 40.7 Å². The molecule has 0 spiro atoms. The van der Waals surface area contributed by atoms with Crippen molar-refractivity contribution in [3.05, 3.63) is 57.9 Å². The number of benzene rings is 1. The fourth-order valence-electron chi connectivity index (χ4n) is 3.19. The van der Waals surface area contributed by atoms with E-state index in [1.54, 1.807) is 7.11 Å². The molecule has 4 nitrogen and oxygen atoms in total. The zero-order valence-corrected chi connectivity index (χ0v) is 15.4. The summed E-state index contributed by atoms with van der Waals surface area (Å²) in [6, 6.07) is 8.48. The highest BCUT2D eigenvalue weighted by molar-refractivity contribution is 5.95. The average Bonchev–Trinajstić information content (AvgIpc) is 2.80. The molecule has 4 heteroatoms. The average molecular weight is 328 g/mol. The van der Waals surface area contributed by atoms with E-state index in [4.69, 9.17) is 4.74 Å². The molecule has 0 aliphatic carbocycles. The van der Waals surface area contributed by atoms with Crippen molar-refractivity contribution < 1.29 is 9.53 Å². The third kappa shape index (κ3) is 3.88. The number of hydrogen-bond acceptors (Lipinski definition) is 2. The van der Waals surface area contributed by atoms with Crippen LogP contribution in [0.2, 0.25) is 0 Å². The molecular formula is C20H28N2O2. The SMILES string of the molecule is CCc1c(C)c(C(=O)NCCOC)n(Cc2ccc(C)cc2)c1C. The quantitative estimate of drug-likeness (QED) is 0.792.